The van der Waals surface area contributed by atoms with Crippen LogP contribution in [0.5, 0.6) is 0 Å². The molecule has 2 rings (SSSR count). The quantitative estimate of drug-likeness (QED) is 0.671. The SMILES string of the molecule is C=C(C)C1=CC(=C)C(C)/C(C2CC2)=N/N=C1. The number of nitrogens with zero attached hydrogens (tertiary/aromatic N) is 2. The first-order valence-electron chi connectivity index (χ1n) is 5.76. The van der Waals surface area contributed by atoms with Crippen molar-refractivity contribution in [3.63, 3.8) is 0 Å². The molecular weight excluding hydrogens is 196 g/mol. The molecule has 1 atom stereocenters. The van der Waals surface area contributed by atoms with Gasteiger partial charge in [0.05, 0.1) is 11.9 Å². The van der Waals surface area contributed by atoms with E-state index in [1.54, 1.807) is 6.21 Å². The van der Waals surface area contributed by atoms with E-state index in [0.717, 1.165) is 16.7 Å². The summed E-state index contributed by atoms with van der Waals surface area (Å²) in [4.78, 5) is 0. The molecule has 0 N–H and O–H groups in total. The van der Waals surface area contributed by atoms with Crippen molar-refractivity contribution in [2.75, 3.05) is 0 Å². The maximum absolute atomic E-state index is 4.35. The summed E-state index contributed by atoms with van der Waals surface area (Å²) in [6.07, 6.45) is 6.36. The summed E-state index contributed by atoms with van der Waals surface area (Å²) in [5, 5.41) is 8.51. The Balaban J connectivity index is 2.32. The largest absolute Gasteiger partial charge is 0.159 e. The monoisotopic (exact) mass is 214 g/mol. The number of allylic oxidation sites excluding steroid dienone is 4. The van der Waals surface area contributed by atoms with Crippen LogP contribution >= 0.6 is 0 Å². The van der Waals surface area contributed by atoms with Crippen molar-refractivity contribution in [3.05, 3.63) is 36.0 Å². The minimum absolute atomic E-state index is 0.305. The molecule has 0 aromatic rings. The minimum Gasteiger partial charge on any atom is -0.159 e. The van der Waals surface area contributed by atoms with Crippen LogP contribution in [-0.2, 0) is 0 Å². The normalized spacial score (nSPS) is 28.9. The van der Waals surface area contributed by atoms with Gasteiger partial charge in [0.15, 0.2) is 0 Å². The van der Waals surface area contributed by atoms with Gasteiger partial charge in [0.2, 0.25) is 0 Å². The van der Waals surface area contributed by atoms with E-state index in [-0.39, 0.29) is 0 Å². The lowest BCUT2D eigenvalue weighted by Crippen LogP contribution is -2.15. The van der Waals surface area contributed by atoms with Crippen molar-refractivity contribution in [1.82, 2.24) is 0 Å². The Morgan fingerprint density at radius 1 is 1.44 bits per heavy atom. The molecule has 84 valence electrons. The van der Waals surface area contributed by atoms with Gasteiger partial charge in [-0.15, -0.1) is 0 Å². The van der Waals surface area contributed by atoms with Gasteiger partial charge in [-0.25, -0.2) is 0 Å². The highest BCUT2D eigenvalue weighted by molar-refractivity contribution is 5.95. The summed E-state index contributed by atoms with van der Waals surface area (Å²) in [6.45, 7) is 12.2. The molecule has 0 saturated heterocycles. The Morgan fingerprint density at radius 3 is 2.69 bits per heavy atom. The summed E-state index contributed by atoms with van der Waals surface area (Å²) in [5.41, 5.74) is 4.32. The van der Waals surface area contributed by atoms with Crippen molar-refractivity contribution in [1.29, 1.82) is 0 Å². The third-order valence-corrected chi connectivity index (χ3v) is 3.20. The van der Waals surface area contributed by atoms with E-state index < -0.39 is 0 Å². The van der Waals surface area contributed by atoms with Crippen molar-refractivity contribution in [2.45, 2.75) is 26.7 Å². The van der Waals surface area contributed by atoms with Crippen LogP contribution < -0.4 is 0 Å². The zero-order chi connectivity index (χ0) is 11.7. The lowest BCUT2D eigenvalue weighted by Gasteiger charge is -2.16. The molecule has 16 heavy (non-hydrogen) atoms. The molecule has 0 amide bonds. The smallest absolute Gasteiger partial charge is 0.0570 e. The van der Waals surface area contributed by atoms with Gasteiger partial charge in [0, 0.05) is 5.92 Å². The molecule has 1 fully saturated rings. The van der Waals surface area contributed by atoms with Gasteiger partial charge in [0.25, 0.3) is 0 Å². The highest BCUT2D eigenvalue weighted by Crippen LogP contribution is 2.36. The molecule has 0 aromatic carbocycles. The summed E-state index contributed by atoms with van der Waals surface area (Å²) in [5.74, 6) is 0.947. The third-order valence-electron chi connectivity index (χ3n) is 3.20. The van der Waals surface area contributed by atoms with Crippen LogP contribution in [0.25, 0.3) is 0 Å². The fourth-order valence-corrected chi connectivity index (χ4v) is 1.84. The van der Waals surface area contributed by atoms with Crippen LogP contribution in [0.15, 0.2) is 46.2 Å². The van der Waals surface area contributed by atoms with E-state index in [1.165, 1.54) is 18.6 Å². The second kappa shape index (κ2) is 4.20. The minimum atomic E-state index is 0.305. The molecule has 0 bridgehead atoms. The Bertz CT molecular complexity index is 420. The number of rotatable bonds is 2. The van der Waals surface area contributed by atoms with Gasteiger partial charge in [-0.3, -0.25) is 0 Å². The molecule has 0 aromatic heterocycles. The molecule has 2 nitrogen and oxygen atoms in total. The molecule has 1 heterocycles. The highest BCUT2D eigenvalue weighted by atomic mass is 15.2. The molecule has 2 heteroatoms. The van der Waals surface area contributed by atoms with E-state index >= 15 is 0 Å². The van der Waals surface area contributed by atoms with Crippen LogP contribution in [0.2, 0.25) is 0 Å². The first-order valence-corrected chi connectivity index (χ1v) is 5.76. The fourth-order valence-electron chi connectivity index (χ4n) is 1.84. The first kappa shape index (κ1) is 11.1. The predicted octanol–water partition coefficient (Wildman–Crippen LogP) is 3.53. The first-order chi connectivity index (χ1) is 7.59. The van der Waals surface area contributed by atoms with E-state index in [0.29, 0.717) is 11.8 Å². The zero-order valence-electron chi connectivity index (χ0n) is 10.0. The van der Waals surface area contributed by atoms with Crippen LogP contribution in [-0.4, -0.2) is 11.9 Å². The standard InChI is InChI=1S/C14H18N2/c1-9(2)13-7-10(3)11(4)14(12-5-6-12)16-15-8-13/h7-8,11-12H,1,3,5-6H2,2,4H3/b13-7?,15-8?,16-14-. The third kappa shape index (κ3) is 2.21. The van der Waals surface area contributed by atoms with E-state index in [9.17, 15) is 0 Å². The number of hydrogen-bond acceptors (Lipinski definition) is 2. The lowest BCUT2D eigenvalue weighted by molar-refractivity contribution is 0.878. The second-order valence-corrected chi connectivity index (χ2v) is 4.72. The highest BCUT2D eigenvalue weighted by Gasteiger charge is 2.32. The van der Waals surface area contributed by atoms with Crippen molar-refractivity contribution >= 4 is 11.9 Å². The Kier molecular flexibility index (Phi) is 2.90. The van der Waals surface area contributed by atoms with E-state index in [1.807, 2.05) is 6.92 Å². The Hall–Kier alpha value is -1.44. The molecule has 2 aliphatic rings. The van der Waals surface area contributed by atoms with Crippen LogP contribution in [0.1, 0.15) is 26.7 Å². The molecule has 1 aliphatic heterocycles. The average molecular weight is 214 g/mol. The summed E-state index contributed by atoms with van der Waals surface area (Å²) in [7, 11) is 0. The lowest BCUT2D eigenvalue weighted by atomic mass is 9.91. The van der Waals surface area contributed by atoms with Crippen molar-refractivity contribution < 1.29 is 0 Å². The van der Waals surface area contributed by atoms with E-state index in [4.69, 9.17) is 0 Å². The molecular formula is C14H18N2. The number of hydrogen-bond donors (Lipinski definition) is 0. The predicted molar refractivity (Wildman–Crippen MR) is 69.9 cm³/mol. The van der Waals surface area contributed by atoms with Crippen molar-refractivity contribution in [2.24, 2.45) is 22.0 Å². The summed E-state index contributed by atoms with van der Waals surface area (Å²) < 4.78 is 0. The van der Waals surface area contributed by atoms with Crippen LogP contribution in [0, 0.1) is 11.8 Å². The summed E-state index contributed by atoms with van der Waals surface area (Å²) in [6, 6.07) is 0. The van der Waals surface area contributed by atoms with Gasteiger partial charge >= 0.3 is 0 Å². The van der Waals surface area contributed by atoms with Gasteiger partial charge in [-0.2, -0.15) is 10.2 Å². The molecule has 0 radical (unpaired) electrons. The maximum atomic E-state index is 4.35. The molecule has 1 unspecified atom stereocenters. The van der Waals surface area contributed by atoms with Gasteiger partial charge in [-0.1, -0.05) is 20.1 Å². The van der Waals surface area contributed by atoms with E-state index in [2.05, 4.69) is 36.4 Å². The van der Waals surface area contributed by atoms with Gasteiger partial charge < -0.3 is 0 Å². The molecule has 1 aliphatic carbocycles. The Morgan fingerprint density at radius 2 is 2.12 bits per heavy atom. The zero-order valence-corrected chi connectivity index (χ0v) is 10.0. The van der Waals surface area contributed by atoms with Gasteiger partial charge in [0.1, 0.15) is 0 Å². The summed E-state index contributed by atoms with van der Waals surface area (Å²) >= 11 is 0. The molecule has 1 saturated carbocycles. The maximum Gasteiger partial charge on any atom is 0.0570 e. The van der Waals surface area contributed by atoms with Gasteiger partial charge in [-0.05, 0) is 48.5 Å². The fraction of sp³-hybridized carbons (Fsp3) is 0.429. The Labute approximate surface area is 97.2 Å². The average Bonchev–Trinajstić information content (AvgIpc) is 3.02. The van der Waals surface area contributed by atoms with Crippen LogP contribution in [0.4, 0.5) is 0 Å². The van der Waals surface area contributed by atoms with Crippen molar-refractivity contribution in [3.8, 4) is 0 Å². The molecule has 0 spiro atoms. The second-order valence-electron chi connectivity index (χ2n) is 4.72. The van der Waals surface area contributed by atoms with Crippen LogP contribution in [0.3, 0.4) is 0 Å². The topological polar surface area (TPSA) is 24.7 Å².